The van der Waals surface area contributed by atoms with Crippen LogP contribution in [0.25, 0.3) is 10.2 Å². The lowest BCUT2D eigenvalue weighted by Crippen LogP contribution is -1.83. The molecule has 2 aromatic heterocycles. The van der Waals surface area contributed by atoms with Crippen molar-refractivity contribution < 1.29 is 8.42 Å². The zero-order valence-corrected chi connectivity index (χ0v) is 9.58. The van der Waals surface area contributed by atoms with Crippen molar-refractivity contribution in [2.45, 2.75) is 4.21 Å². The minimum absolute atomic E-state index is 0.0246. The number of halogens is 2. The largest absolute Gasteiger partial charge is 0.270 e. The van der Waals surface area contributed by atoms with Crippen LogP contribution < -0.4 is 0 Å². The van der Waals surface area contributed by atoms with Crippen LogP contribution in [-0.4, -0.2) is 18.4 Å². The molecule has 0 aliphatic carbocycles. The van der Waals surface area contributed by atoms with Gasteiger partial charge in [-0.25, -0.2) is 18.4 Å². The van der Waals surface area contributed by atoms with Crippen molar-refractivity contribution in [2.24, 2.45) is 0 Å². The van der Waals surface area contributed by atoms with Gasteiger partial charge in [0.1, 0.15) is 15.7 Å². The average molecular weight is 269 g/mol. The van der Waals surface area contributed by atoms with Gasteiger partial charge in [-0.15, -0.1) is 11.3 Å². The second-order valence-corrected chi connectivity index (χ2v) is 6.59. The standard InChI is InChI=1S/C6H2Cl2N2O2S2/c7-6-5-3(9-2-10-6)1-4(13-5)14(8,11)12/h1-2H. The number of hydrogen-bond acceptors (Lipinski definition) is 5. The normalized spacial score (nSPS) is 12.1. The lowest BCUT2D eigenvalue weighted by Gasteiger charge is -1.87. The molecule has 14 heavy (non-hydrogen) atoms. The van der Waals surface area contributed by atoms with E-state index in [2.05, 4.69) is 9.97 Å². The van der Waals surface area contributed by atoms with Crippen LogP contribution in [0.4, 0.5) is 0 Å². The Labute approximate surface area is 92.9 Å². The van der Waals surface area contributed by atoms with E-state index in [4.69, 9.17) is 22.3 Å². The number of rotatable bonds is 1. The Morgan fingerprint density at radius 3 is 2.64 bits per heavy atom. The van der Waals surface area contributed by atoms with Gasteiger partial charge in [-0.3, -0.25) is 0 Å². The van der Waals surface area contributed by atoms with Gasteiger partial charge in [0.25, 0.3) is 9.05 Å². The van der Waals surface area contributed by atoms with Gasteiger partial charge in [-0.05, 0) is 6.07 Å². The molecule has 2 aromatic rings. The van der Waals surface area contributed by atoms with E-state index in [0.717, 1.165) is 11.3 Å². The smallest absolute Gasteiger partial charge is 0.235 e. The first-order valence-electron chi connectivity index (χ1n) is 3.33. The maximum absolute atomic E-state index is 11.0. The molecule has 0 aromatic carbocycles. The molecular weight excluding hydrogens is 267 g/mol. The summed E-state index contributed by atoms with van der Waals surface area (Å²) in [6.45, 7) is 0. The quantitative estimate of drug-likeness (QED) is 0.588. The molecule has 8 heteroatoms. The fourth-order valence-electron chi connectivity index (χ4n) is 0.924. The summed E-state index contributed by atoms with van der Waals surface area (Å²) in [5.74, 6) is 0. The number of hydrogen-bond donors (Lipinski definition) is 0. The van der Waals surface area contributed by atoms with E-state index >= 15 is 0 Å². The van der Waals surface area contributed by atoms with Crippen LogP contribution in [-0.2, 0) is 9.05 Å². The molecule has 0 bridgehead atoms. The molecule has 0 unspecified atom stereocenters. The highest BCUT2D eigenvalue weighted by atomic mass is 35.7. The van der Waals surface area contributed by atoms with Crippen LogP contribution in [0, 0.1) is 0 Å². The zero-order valence-electron chi connectivity index (χ0n) is 6.44. The average Bonchev–Trinajstić information content (AvgIpc) is 2.48. The van der Waals surface area contributed by atoms with Gasteiger partial charge in [0, 0.05) is 10.7 Å². The molecule has 4 nitrogen and oxygen atoms in total. The first kappa shape index (κ1) is 10.1. The Balaban J connectivity index is 2.81. The Hall–Kier alpha value is -0.430. The second kappa shape index (κ2) is 3.30. The molecule has 2 heterocycles. The lowest BCUT2D eigenvalue weighted by molar-refractivity contribution is 0.611. The maximum Gasteiger partial charge on any atom is 0.270 e. The van der Waals surface area contributed by atoms with Crippen molar-refractivity contribution in [1.29, 1.82) is 0 Å². The van der Waals surface area contributed by atoms with Gasteiger partial charge in [0.2, 0.25) is 0 Å². The van der Waals surface area contributed by atoms with E-state index in [1.165, 1.54) is 12.4 Å². The van der Waals surface area contributed by atoms with Gasteiger partial charge >= 0.3 is 0 Å². The van der Waals surface area contributed by atoms with Gasteiger partial charge < -0.3 is 0 Å². The maximum atomic E-state index is 11.0. The summed E-state index contributed by atoms with van der Waals surface area (Å²) in [5, 5.41) is 0.228. The predicted octanol–water partition coefficient (Wildman–Crippen LogP) is 2.27. The van der Waals surface area contributed by atoms with Crippen molar-refractivity contribution in [3.8, 4) is 0 Å². The molecule has 0 aliphatic heterocycles. The summed E-state index contributed by atoms with van der Waals surface area (Å²) in [7, 11) is 1.46. The van der Waals surface area contributed by atoms with Gasteiger partial charge in [-0.2, -0.15) is 0 Å². The van der Waals surface area contributed by atoms with E-state index in [-0.39, 0.29) is 9.36 Å². The topological polar surface area (TPSA) is 59.9 Å². The fraction of sp³-hybridized carbons (Fsp3) is 0. The molecule has 2 rings (SSSR count). The monoisotopic (exact) mass is 268 g/mol. The van der Waals surface area contributed by atoms with Crippen LogP contribution in [0.1, 0.15) is 0 Å². The summed E-state index contributed by atoms with van der Waals surface area (Å²) >= 11 is 6.70. The molecule has 0 atom stereocenters. The summed E-state index contributed by atoms with van der Waals surface area (Å²) in [6.07, 6.45) is 1.27. The van der Waals surface area contributed by atoms with Gasteiger partial charge in [0.15, 0.2) is 0 Å². The number of thiophene rings is 1. The van der Waals surface area contributed by atoms with E-state index in [9.17, 15) is 8.42 Å². The first-order valence-corrected chi connectivity index (χ1v) is 6.83. The van der Waals surface area contributed by atoms with Gasteiger partial charge in [-0.1, -0.05) is 11.6 Å². The van der Waals surface area contributed by atoms with E-state index in [1.807, 2.05) is 0 Å². The fourth-order valence-corrected chi connectivity index (χ4v) is 3.22. The molecule has 0 radical (unpaired) electrons. The predicted molar refractivity (Wildman–Crippen MR) is 55.5 cm³/mol. The van der Waals surface area contributed by atoms with Crippen LogP contribution >= 0.6 is 33.6 Å². The van der Waals surface area contributed by atoms with Crippen molar-refractivity contribution in [3.05, 3.63) is 17.5 Å². The summed E-state index contributed by atoms with van der Waals surface area (Å²) in [5.41, 5.74) is 0.481. The second-order valence-electron chi connectivity index (χ2n) is 2.38. The SMILES string of the molecule is O=S(=O)(Cl)c1cc2ncnc(Cl)c2s1. The van der Waals surface area contributed by atoms with Crippen LogP contribution in [0.3, 0.4) is 0 Å². The summed E-state index contributed by atoms with van der Waals surface area (Å²) in [4.78, 5) is 7.60. The van der Waals surface area contributed by atoms with Gasteiger partial charge in [0.05, 0.1) is 10.2 Å². The highest BCUT2D eigenvalue weighted by Crippen LogP contribution is 2.32. The van der Waals surface area contributed by atoms with E-state index in [0.29, 0.717) is 10.2 Å². The molecule has 0 aliphatic rings. The van der Waals surface area contributed by atoms with Crippen molar-refractivity contribution in [1.82, 2.24) is 9.97 Å². The third-order valence-corrected chi connectivity index (χ3v) is 5.09. The van der Waals surface area contributed by atoms with Crippen molar-refractivity contribution >= 4 is 52.9 Å². The number of fused-ring (bicyclic) bond motifs is 1. The number of nitrogens with zero attached hydrogens (tertiary/aromatic N) is 2. The Morgan fingerprint density at radius 2 is 2.07 bits per heavy atom. The van der Waals surface area contributed by atoms with E-state index < -0.39 is 9.05 Å². The Morgan fingerprint density at radius 1 is 1.36 bits per heavy atom. The molecule has 0 saturated carbocycles. The van der Waals surface area contributed by atoms with Crippen LogP contribution in [0.15, 0.2) is 16.6 Å². The molecule has 0 N–H and O–H groups in total. The van der Waals surface area contributed by atoms with E-state index in [1.54, 1.807) is 0 Å². The highest BCUT2D eigenvalue weighted by molar-refractivity contribution is 8.15. The van der Waals surface area contributed by atoms with Crippen molar-refractivity contribution in [2.75, 3.05) is 0 Å². The zero-order chi connectivity index (χ0) is 10.3. The summed E-state index contributed by atoms with van der Waals surface area (Å²) in [6, 6.07) is 1.37. The van der Waals surface area contributed by atoms with Crippen molar-refractivity contribution in [3.63, 3.8) is 0 Å². The minimum Gasteiger partial charge on any atom is -0.235 e. The van der Waals surface area contributed by atoms with Crippen LogP contribution in [0.2, 0.25) is 5.15 Å². The Kier molecular flexibility index (Phi) is 2.38. The molecule has 0 spiro atoms. The first-order chi connectivity index (χ1) is 6.48. The molecule has 0 saturated heterocycles. The third kappa shape index (κ3) is 1.70. The molecule has 74 valence electrons. The lowest BCUT2D eigenvalue weighted by atomic mass is 10.5. The minimum atomic E-state index is -3.72. The number of aromatic nitrogens is 2. The Bertz CT molecular complexity index is 593. The van der Waals surface area contributed by atoms with Crippen LogP contribution in [0.5, 0.6) is 0 Å². The molecule has 0 amide bonds. The highest BCUT2D eigenvalue weighted by Gasteiger charge is 2.16. The summed E-state index contributed by atoms with van der Waals surface area (Å²) < 4.78 is 22.5. The molecule has 0 fully saturated rings. The molecular formula is C6H2Cl2N2O2S2. The third-order valence-electron chi connectivity index (χ3n) is 1.49.